The minimum atomic E-state index is -0.283. The summed E-state index contributed by atoms with van der Waals surface area (Å²) in [5.41, 5.74) is 1.34. The molecule has 0 bridgehead atoms. The fourth-order valence-electron chi connectivity index (χ4n) is 1.78. The van der Waals surface area contributed by atoms with Crippen LogP contribution in [0.5, 0.6) is 0 Å². The van der Waals surface area contributed by atoms with E-state index in [4.69, 9.17) is 4.74 Å². The molecule has 18 heavy (non-hydrogen) atoms. The summed E-state index contributed by atoms with van der Waals surface area (Å²) in [5.74, 6) is -0.283. The highest BCUT2D eigenvalue weighted by molar-refractivity contribution is 7.12. The van der Waals surface area contributed by atoms with Crippen LogP contribution < -0.4 is 5.32 Å². The van der Waals surface area contributed by atoms with Gasteiger partial charge in [0, 0.05) is 28.4 Å². The van der Waals surface area contributed by atoms with Crippen molar-refractivity contribution in [2.45, 2.75) is 33.7 Å². The van der Waals surface area contributed by atoms with Crippen LogP contribution in [0.4, 0.5) is 0 Å². The quantitative estimate of drug-likeness (QED) is 0.635. The Balaban J connectivity index is 2.40. The summed E-state index contributed by atoms with van der Waals surface area (Å²) in [6.07, 6.45) is 3.26. The SMILES string of the molecule is CCOC(=O)/C=C/CNC(C)c1cc(C)sc1C. The van der Waals surface area contributed by atoms with E-state index >= 15 is 0 Å². The van der Waals surface area contributed by atoms with E-state index in [0.717, 1.165) is 0 Å². The number of aryl methyl sites for hydroxylation is 2. The zero-order chi connectivity index (χ0) is 13.5. The summed E-state index contributed by atoms with van der Waals surface area (Å²) >= 11 is 1.82. The summed E-state index contributed by atoms with van der Waals surface area (Å²) in [6.45, 7) is 9.27. The van der Waals surface area contributed by atoms with Crippen LogP contribution in [0.15, 0.2) is 18.2 Å². The zero-order valence-electron chi connectivity index (χ0n) is 11.4. The predicted octanol–water partition coefficient (Wildman–Crippen LogP) is 3.13. The lowest BCUT2D eigenvalue weighted by molar-refractivity contribution is -0.137. The molecule has 0 saturated heterocycles. The van der Waals surface area contributed by atoms with Gasteiger partial charge in [-0.2, -0.15) is 0 Å². The largest absolute Gasteiger partial charge is 0.463 e. The molecule has 0 aromatic carbocycles. The highest BCUT2D eigenvalue weighted by Gasteiger charge is 2.09. The van der Waals surface area contributed by atoms with E-state index < -0.39 is 0 Å². The van der Waals surface area contributed by atoms with Crippen LogP contribution in [0.1, 0.15) is 35.2 Å². The first kappa shape index (κ1) is 14.9. The molecule has 0 aliphatic carbocycles. The Morgan fingerprint density at radius 3 is 2.83 bits per heavy atom. The van der Waals surface area contributed by atoms with Crippen LogP contribution >= 0.6 is 11.3 Å². The van der Waals surface area contributed by atoms with E-state index in [-0.39, 0.29) is 5.97 Å². The van der Waals surface area contributed by atoms with Gasteiger partial charge in [-0.25, -0.2) is 4.79 Å². The highest BCUT2D eigenvalue weighted by Crippen LogP contribution is 2.25. The third-order valence-electron chi connectivity index (χ3n) is 2.63. The smallest absolute Gasteiger partial charge is 0.330 e. The first-order valence-electron chi connectivity index (χ1n) is 6.18. The molecule has 0 spiro atoms. The second-order valence-corrected chi connectivity index (χ2v) is 5.61. The van der Waals surface area contributed by atoms with Crippen molar-refractivity contribution in [1.82, 2.24) is 5.32 Å². The van der Waals surface area contributed by atoms with Crippen molar-refractivity contribution in [3.05, 3.63) is 33.5 Å². The molecule has 0 aliphatic heterocycles. The molecule has 0 radical (unpaired) electrons. The lowest BCUT2D eigenvalue weighted by Gasteiger charge is -2.11. The van der Waals surface area contributed by atoms with Crippen LogP contribution in [0.25, 0.3) is 0 Å². The number of hydrogen-bond acceptors (Lipinski definition) is 4. The van der Waals surface area contributed by atoms with Gasteiger partial charge in [-0.15, -0.1) is 11.3 Å². The monoisotopic (exact) mass is 267 g/mol. The number of ether oxygens (including phenoxy) is 1. The van der Waals surface area contributed by atoms with Crippen molar-refractivity contribution >= 4 is 17.3 Å². The normalized spacial score (nSPS) is 12.9. The van der Waals surface area contributed by atoms with Gasteiger partial charge in [0.2, 0.25) is 0 Å². The maximum absolute atomic E-state index is 11.1. The van der Waals surface area contributed by atoms with Crippen LogP contribution in [0, 0.1) is 13.8 Å². The average molecular weight is 267 g/mol. The first-order valence-corrected chi connectivity index (χ1v) is 6.99. The molecule has 1 atom stereocenters. The number of thiophene rings is 1. The third kappa shape index (κ3) is 4.63. The third-order valence-corrected chi connectivity index (χ3v) is 3.61. The molecule has 1 heterocycles. The molecule has 4 heteroatoms. The number of carbonyl (C=O) groups is 1. The van der Waals surface area contributed by atoms with Crippen LogP contribution in [-0.2, 0) is 9.53 Å². The average Bonchev–Trinajstić information content (AvgIpc) is 2.64. The Morgan fingerprint density at radius 2 is 2.28 bits per heavy atom. The summed E-state index contributed by atoms with van der Waals surface area (Å²) in [4.78, 5) is 13.8. The van der Waals surface area contributed by atoms with Crippen molar-refractivity contribution in [2.24, 2.45) is 0 Å². The summed E-state index contributed by atoms with van der Waals surface area (Å²) < 4.78 is 4.80. The van der Waals surface area contributed by atoms with Gasteiger partial charge in [0.25, 0.3) is 0 Å². The zero-order valence-corrected chi connectivity index (χ0v) is 12.3. The molecule has 0 fully saturated rings. The van der Waals surface area contributed by atoms with E-state index in [1.54, 1.807) is 13.0 Å². The van der Waals surface area contributed by atoms with E-state index in [1.807, 2.05) is 11.3 Å². The second kappa shape index (κ2) is 7.34. The second-order valence-electron chi connectivity index (χ2n) is 4.15. The van der Waals surface area contributed by atoms with Gasteiger partial charge in [-0.1, -0.05) is 6.08 Å². The summed E-state index contributed by atoms with van der Waals surface area (Å²) in [5, 5.41) is 3.36. The molecule has 1 N–H and O–H groups in total. The van der Waals surface area contributed by atoms with Gasteiger partial charge < -0.3 is 10.1 Å². The molecular formula is C14H21NO2S. The number of esters is 1. The lowest BCUT2D eigenvalue weighted by Crippen LogP contribution is -2.18. The van der Waals surface area contributed by atoms with Gasteiger partial charge in [-0.05, 0) is 39.3 Å². The Morgan fingerprint density at radius 1 is 1.56 bits per heavy atom. The molecule has 0 saturated carbocycles. The van der Waals surface area contributed by atoms with Gasteiger partial charge in [0.1, 0.15) is 0 Å². The molecular weight excluding hydrogens is 246 g/mol. The topological polar surface area (TPSA) is 38.3 Å². The van der Waals surface area contributed by atoms with Gasteiger partial charge in [0.15, 0.2) is 0 Å². The lowest BCUT2D eigenvalue weighted by atomic mass is 10.1. The van der Waals surface area contributed by atoms with Crippen molar-refractivity contribution in [3.63, 3.8) is 0 Å². The maximum Gasteiger partial charge on any atom is 0.330 e. The predicted molar refractivity (Wildman–Crippen MR) is 76.0 cm³/mol. The van der Waals surface area contributed by atoms with E-state index in [2.05, 4.69) is 32.2 Å². The van der Waals surface area contributed by atoms with Crippen molar-refractivity contribution < 1.29 is 9.53 Å². The fourth-order valence-corrected chi connectivity index (χ4v) is 2.80. The summed E-state index contributed by atoms with van der Waals surface area (Å²) in [6, 6.07) is 2.51. The highest BCUT2D eigenvalue weighted by atomic mass is 32.1. The Bertz CT molecular complexity index is 423. The summed E-state index contributed by atoms with van der Waals surface area (Å²) in [7, 11) is 0. The molecule has 100 valence electrons. The molecule has 1 aromatic heterocycles. The molecule has 1 rings (SSSR count). The standard InChI is InChI=1S/C14H21NO2S/c1-5-17-14(16)7-6-8-15-11(3)13-9-10(2)18-12(13)4/h6-7,9,11,15H,5,8H2,1-4H3/b7-6+. The number of rotatable bonds is 6. The number of carbonyl (C=O) groups excluding carboxylic acids is 1. The Kier molecular flexibility index (Phi) is 6.09. The van der Waals surface area contributed by atoms with Gasteiger partial charge >= 0.3 is 5.97 Å². The molecule has 0 amide bonds. The van der Waals surface area contributed by atoms with E-state index in [9.17, 15) is 4.79 Å². The Hall–Kier alpha value is -1.13. The Labute approximate surface area is 113 Å². The maximum atomic E-state index is 11.1. The minimum Gasteiger partial charge on any atom is -0.463 e. The van der Waals surface area contributed by atoms with E-state index in [1.165, 1.54) is 21.4 Å². The molecule has 0 aliphatic rings. The van der Waals surface area contributed by atoms with Crippen LogP contribution in [-0.4, -0.2) is 19.1 Å². The number of hydrogen-bond donors (Lipinski definition) is 1. The van der Waals surface area contributed by atoms with E-state index in [0.29, 0.717) is 19.2 Å². The van der Waals surface area contributed by atoms with Crippen molar-refractivity contribution in [2.75, 3.05) is 13.2 Å². The molecule has 1 unspecified atom stereocenters. The van der Waals surface area contributed by atoms with Crippen molar-refractivity contribution in [3.8, 4) is 0 Å². The van der Waals surface area contributed by atoms with Gasteiger partial charge in [0.05, 0.1) is 6.61 Å². The van der Waals surface area contributed by atoms with Crippen LogP contribution in [0.2, 0.25) is 0 Å². The fraction of sp³-hybridized carbons (Fsp3) is 0.500. The van der Waals surface area contributed by atoms with Crippen molar-refractivity contribution in [1.29, 1.82) is 0 Å². The van der Waals surface area contributed by atoms with Gasteiger partial charge in [-0.3, -0.25) is 0 Å². The molecule has 3 nitrogen and oxygen atoms in total. The molecule has 1 aromatic rings. The minimum absolute atomic E-state index is 0.283. The first-order chi connectivity index (χ1) is 8.54. The number of nitrogens with one attached hydrogen (secondary N) is 1. The van der Waals surface area contributed by atoms with Crippen LogP contribution in [0.3, 0.4) is 0 Å².